The molecule has 7 heteroatoms. The van der Waals surface area contributed by atoms with Crippen LogP contribution in [0.2, 0.25) is 5.28 Å². The normalized spacial score (nSPS) is 10.4. The van der Waals surface area contributed by atoms with Crippen molar-refractivity contribution in [3.05, 3.63) is 35.3 Å². The molecule has 0 atom stereocenters. The third-order valence-electron chi connectivity index (χ3n) is 1.64. The van der Waals surface area contributed by atoms with Crippen molar-refractivity contribution in [2.24, 2.45) is 0 Å². The SMILES string of the molecule is Cc1ccnc(Sc2nc(Cl)ncc2F)n1. The molecule has 0 aliphatic heterocycles. The fourth-order valence-electron chi connectivity index (χ4n) is 0.964. The van der Waals surface area contributed by atoms with Gasteiger partial charge in [0, 0.05) is 11.9 Å². The van der Waals surface area contributed by atoms with E-state index in [2.05, 4.69) is 19.9 Å². The molecule has 0 N–H and O–H groups in total. The topological polar surface area (TPSA) is 51.6 Å². The summed E-state index contributed by atoms with van der Waals surface area (Å²) in [6.45, 7) is 1.83. The lowest BCUT2D eigenvalue weighted by Gasteiger charge is -2.01. The van der Waals surface area contributed by atoms with Crippen LogP contribution in [0.5, 0.6) is 0 Å². The summed E-state index contributed by atoms with van der Waals surface area (Å²) in [6, 6.07) is 1.76. The van der Waals surface area contributed by atoms with Gasteiger partial charge in [0.25, 0.3) is 0 Å². The highest BCUT2D eigenvalue weighted by molar-refractivity contribution is 7.99. The highest BCUT2D eigenvalue weighted by Crippen LogP contribution is 2.25. The van der Waals surface area contributed by atoms with Gasteiger partial charge in [-0.15, -0.1) is 0 Å². The molecule has 0 saturated carbocycles. The van der Waals surface area contributed by atoms with Gasteiger partial charge in [-0.1, -0.05) is 0 Å². The number of hydrogen-bond acceptors (Lipinski definition) is 5. The quantitative estimate of drug-likeness (QED) is 0.610. The van der Waals surface area contributed by atoms with Gasteiger partial charge in [-0.2, -0.15) is 0 Å². The molecule has 0 bridgehead atoms. The van der Waals surface area contributed by atoms with Crippen LogP contribution in [0.15, 0.2) is 28.6 Å². The first-order chi connectivity index (χ1) is 7.65. The highest BCUT2D eigenvalue weighted by Gasteiger charge is 2.09. The van der Waals surface area contributed by atoms with Gasteiger partial charge < -0.3 is 0 Å². The second kappa shape index (κ2) is 4.71. The summed E-state index contributed by atoms with van der Waals surface area (Å²) < 4.78 is 13.3. The molecule has 2 rings (SSSR count). The van der Waals surface area contributed by atoms with Crippen LogP contribution in [0.4, 0.5) is 4.39 Å². The molecule has 4 nitrogen and oxygen atoms in total. The van der Waals surface area contributed by atoms with Gasteiger partial charge in [-0.25, -0.2) is 24.3 Å². The van der Waals surface area contributed by atoms with Crippen LogP contribution in [0.1, 0.15) is 5.69 Å². The molecule has 0 aliphatic carbocycles. The van der Waals surface area contributed by atoms with Crippen molar-refractivity contribution in [1.82, 2.24) is 19.9 Å². The maximum atomic E-state index is 13.3. The number of rotatable bonds is 2. The van der Waals surface area contributed by atoms with E-state index in [-0.39, 0.29) is 10.3 Å². The molecular weight excluding hydrogens is 251 g/mol. The molecule has 0 saturated heterocycles. The zero-order chi connectivity index (χ0) is 11.5. The number of hydrogen-bond donors (Lipinski definition) is 0. The van der Waals surface area contributed by atoms with E-state index in [1.165, 1.54) is 0 Å². The minimum absolute atomic E-state index is 0.00319. The summed E-state index contributed by atoms with van der Waals surface area (Å²) in [4.78, 5) is 15.4. The van der Waals surface area contributed by atoms with Crippen LogP contribution in [0, 0.1) is 12.7 Å². The fraction of sp³-hybridized carbons (Fsp3) is 0.111. The Morgan fingerprint density at radius 3 is 2.88 bits per heavy atom. The molecule has 2 aromatic rings. The van der Waals surface area contributed by atoms with E-state index in [1.54, 1.807) is 12.3 Å². The van der Waals surface area contributed by atoms with Gasteiger partial charge in [0.1, 0.15) is 5.03 Å². The summed E-state index contributed by atoms with van der Waals surface area (Å²) >= 11 is 6.58. The highest BCUT2D eigenvalue weighted by atomic mass is 35.5. The van der Waals surface area contributed by atoms with Crippen molar-refractivity contribution in [2.45, 2.75) is 17.1 Å². The van der Waals surface area contributed by atoms with E-state index in [0.717, 1.165) is 23.7 Å². The van der Waals surface area contributed by atoms with Gasteiger partial charge in [-0.05, 0) is 36.4 Å². The van der Waals surface area contributed by atoms with Crippen LogP contribution in [-0.4, -0.2) is 19.9 Å². The molecule has 0 spiro atoms. The monoisotopic (exact) mass is 256 g/mol. The van der Waals surface area contributed by atoms with Crippen molar-refractivity contribution >= 4 is 23.4 Å². The van der Waals surface area contributed by atoms with Gasteiger partial charge in [0.15, 0.2) is 11.0 Å². The van der Waals surface area contributed by atoms with Gasteiger partial charge in [0.05, 0.1) is 6.20 Å². The Morgan fingerprint density at radius 2 is 2.12 bits per heavy atom. The Balaban J connectivity index is 2.30. The third kappa shape index (κ3) is 2.65. The molecule has 0 amide bonds. The van der Waals surface area contributed by atoms with Gasteiger partial charge in [-0.3, -0.25) is 0 Å². The number of halogens is 2. The largest absolute Gasteiger partial charge is 0.231 e. The lowest BCUT2D eigenvalue weighted by molar-refractivity contribution is 0.578. The first-order valence-electron chi connectivity index (χ1n) is 4.30. The smallest absolute Gasteiger partial charge is 0.223 e. The predicted molar refractivity (Wildman–Crippen MR) is 57.9 cm³/mol. The summed E-state index contributed by atoms with van der Waals surface area (Å²) in [5.41, 5.74) is 0.804. The van der Waals surface area contributed by atoms with Crippen molar-refractivity contribution < 1.29 is 4.39 Å². The number of aryl methyl sites for hydroxylation is 1. The molecule has 0 unspecified atom stereocenters. The molecule has 0 aliphatic rings. The molecule has 2 heterocycles. The summed E-state index contributed by atoms with van der Waals surface area (Å²) in [5.74, 6) is -0.542. The second-order valence-corrected chi connectivity index (χ2v) is 4.17. The average molecular weight is 257 g/mol. The van der Waals surface area contributed by atoms with Crippen LogP contribution < -0.4 is 0 Å². The lowest BCUT2D eigenvalue weighted by Crippen LogP contribution is -1.93. The second-order valence-electron chi connectivity index (χ2n) is 2.87. The van der Waals surface area contributed by atoms with E-state index in [1.807, 2.05) is 6.92 Å². The fourth-order valence-corrected chi connectivity index (χ4v) is 1.91. The van der Waals surface area contributed by atoms with Crippen molar-refractivity contribution in [2.75, 3.05) is 0 Å². The Bertz CT molecular complexity index is 523. The zero-order valence-corrected chi connectivity index (χ0v) is 9.76. The third-order valence-corrected chi connectivity index (χ3v) is 2.68. The maximum absolute atomic E-state index is 13.3. The zero-order valence-electron chi connectivity index (χ0n) is 8.19. The van der Waals surface area contributed by atoms with Crippen LogP contribution in [0.25, 0.3) is 0 Å². The lowest BCUT2D eigenvalue weighted by atomic mass is 10.5. The van der Waals surface area contributed by atoms with Gasteiger partial charge in [0.2, 0.25) is 5.28 Å². The molecular formula is C9H6ClFN4S. The summed E-state index contributed by atoms with van der Waals surface area (Å²) in [5, 5.41) is 0.538. The average Bonchev–Trinajstić information content (AvgIpc) is 2.24. The number of nitrogens with zero attached hydrogens (tertiary/aromatic N) is 4. The Hall–Kier alpha value is -1.27. The molecule has 16 heavy (non-hydrogen) atoms. The molecule has 0 radical (unpaired) electrons. The maximum Gasteiger partial charge on any atom is 0.223 e. The number of aromatic nitrogens is 4. The van der Waals surface area contributed by atoms with Crippen LogP contribution >= 0.6 is 23.4 Å². The van der Waals surface area contributed by atoms with Crippen LogP contribution in [0.3, 0.4) is 0 Å². The first kappa shape index (κ1) is 11.2. The summed E-state index contributed by atoms with van der Waals surface area (Å²) in [7, 11) is 0. The van der Waals surface area contributed by atoms with E-state index < -0.39 is 5.82 Å². The van der Waals surface area contributed by atoms with Crippen molar-refractivity contribution in [3.63, 3.8) is 0 Å². The molecule has 82 valence electrons. The van der Waals surface area contributed by atoms with Gasteiger partial charge >= 0.3 is 0 Å². The Kier molecular flexibility index (Phi) is 3.31. The van der Waals surface area contributed by atoms with E-state index in [0.29, 0.717) is 5.16 Å². The molecule has 0 fully saturated rings. The standard InChI is InChI=1S/C9H6ClFN4S/c1-5-2-3-12-9(14-5)16-7-6(11)4-13-8(10)15-7/h2-4H,1H3. The Morgan fingerprint density at radius 1 is 1.31 bits per heavy atom. The summed E-state index contributed by atoms with van der Waals surface area (Å²) in [6.07, 6.45) is 2.62. The minimum atomic E-state index is -0.542. The van der Waals surface area contributed by atoms with E-state index in [9.17, 15) is 4.39 Å². The van der Waals surface area contributed by atoms with Crippen LogP contribution in [-0.2, 0) is 0 Å². The Labute approximate surface area is 100 Å². The molecule has 0 aromatic carbocycles. The van der Waals surface area contributed by atoms with Crippen molar-refractivity contribution in [3.8, 4) is 0 Å². The van der Waals surface area contributed by atoms with Crippen molar-refractivity contribution in [1.29, 1.82) is 0 Å². The molecule has 2 aromatic heterocycles. The first-order valence-corrected chi connectivity index (χ1v) is 5.50. The predicted octanol–water partition coefficient (Wildman–Crippen LogP) is 2.52. The van der Waals surface area contributed by atoms with E-state index >= 15 is 0 Å². The minimum Gasteiger partial charge on any atom is -0.231 e. The van der Waals surface area contributed by atoms with E-state index in [4.69, 9.17) is 11.6 Å².